The van der Waals surface area contributed by atoms with Gasteiger partial charge in [0.2, 0.25) is 0 Å². The van der Waals surface area contributed by atoms with Crippen molar-refractivity contribution in [3.05, 3.63) is 58.1 Å². The summed E-state index contributed by atoms with van der Waals surface area (Å²) in [5.74, 6) is 0.794. The van der Waals surface area contributed by atoms with Gasteiger partial charge in [-0.15, -0.1) is 0 Å². The number of benzene rings is 2. The third kappa shape index (κ3) is 4.67. The first kappa shape index (κ1) is 19.1. The highest BCUT2D eigenvalue weighted by molar-refractivity contribution is 6.32. The molecule has 5 heteroatoms. The van der Waals surface area contributed by atoms with Crippen LogP contribution in [-0.2, 0) is 13.0 Å². The number of rotatable bonds is 7. The minimum atomic E-state index is -0.122. The summed E-state index contributed by atoms with van der Waals surface area (Å²) in [6.45, 7) is 4.98. The molecule has 2 rings (SSSR count). The van der Waals surface area contributed by atoms with Gasteiger partial charge in [-0.1, -0.05) is 42.8 Å². The standard InChI is InChI=1S/C20H24ClNO3/c1-5-14-7-9-15(10-8-14)13-22(3)20(23)16-11-17(21)19(25-6-2)18(12-16)24-4/h7-12H,5-6,13H2,1-4H3. The maximum absolute atomic E-state index is 12.7. The normalized spacial score (nSPS) is 10.4. The minimum Gasteiger partial charge on any atom is -0.493 e. The Balaban J connectivity index is 2.19. The highest BCUT2D eigenvalue weighted by Gasteiger charge is 2.18. The molecule has 0 heterocycles. The number of nitrogens with zero attached hydrogens (tertiary/aromatic N) is 1. The molecule has 0 unspecified atom stereocenters. The molecule has 0 fully saturated rings. The fraction of sp³-hybridized carbons (Fsp3) is 0.350. The van der Waals surface area contributed by atoms with E-state index in [1.807, 2.05) is 19.1 Å². The van der Waals surface area contributed by atoms with Gasteiger partial charge in [0.1, 0.15) is 0 Å². The second kappa shape index (κ2) is 8.77. The zero-order valence-corrected chi connectivity index (χ0v) is 15.9. The lowest BCUT2D eigenvalue weighted by molar-refractivity contribution is 0.0784. The van der Waals surface area contributed by atoms with Gasteiger partial charge >= 0.3 is 0 Å². The molecule has 0 aliphatic carbocycles. The third-order valence-corrected chi connectivity index (χ3v) is 4.24. The van der Waals surface area contributed by atoms with E-state index in [9.17, 15) is 4.79 Å². The maximum Gasteiger partial charge on any atom is 0.254 e. The molecule has 0 saturated heterocycles. The molecule has 1 amide bonds. The molecule has 0 bridgehead atoms. The van der Waals surface area contributed by atoms with Crippen molar-refractivity contribution in [2.75, 3.05) is 20.8 Å². The second-order valence-electron chi connectivity index (χ2n) is 5.75. The summed E-state index contributed by atoms with van der Waals surface area (Å²) >= 11 is 6.26. The molecule has 0 radical (unpaired) electrons. The van der Waals surface area contributed by atoms with Gasteiger partial charge in [-0.2, -0.15) is 0 Å². The number of methoxy groups -OCH3 is 1. The fourth-order valence-electron chi connectivity index (χ4n) is 2.57. The lowest BCUT2D eigenvalue weighted by Crippen LogP contribution is -2.26. The van der Waals surface area contributed by atoms with Gasteiger partial charge < -0.3 is 14.4 Å². The molecular formula is C20H24ClNO3. The van der Waals surface area contributed by atoms with Gasteiger partial charge in [0.25, 0.3) is 5.91 Å². The van der Waals surface area contributed by atoms with Crippen LogP contribution in [0.25, 0.3) is 0 Å². The topological polar surface area (TPSA) is 38.8 Å². The van der Waals surface area contributed by atoms with E-state index in [4.69, 9.17) is 21.1 Å². The van der Waals surface area contributed by atoms with E-state index < -0.39 is 0 Å². The number of carbonyl (C=O) groups excluding carboxylic acids is 1. The van der Waals surface area contributed by atoms with Crippen LogP contribution in [0.3, 0.4) is 0 Å². The summed E-state index contributed by atoms with van der Waals surface area (Å²) in [4.78, 5) is 14.4. The van der Waals surface area contributed by atoms with Gasteiger partial charge in [-0.3, -0.25) is 4.79 Å². The summed E-state index contributed by atoms with van der Waals surface area (Å²) in [7, 11) is 3.30. The van der Waals surface area contributed by atoms with Gasteiger partial charge in [0.05, 0.1) is 18.7 Å². The van der Waals surface area contributed by atoms with E-state index in [1.165, 1.54) is 12.7 Å². The molecule has 0 N–H and O–H groups in total. The molecule has 0 saturated carbocycles. The summed E-state index contributed by atoms with van der Waals surface area (Å²) < 4.78 is 10.8. The molecular weight excluding hydrogens is 338 g/mol. The highest BCUT2D eigenvalue weighted by Crippen LogP contribution is 2.36. The molecule has 2 aromatic carbocycles. The van der Waals surface area contributed by atoms with E-state index in [0.717, 1.165) is 12.0 Å². The van der Waals surface area contributed by atoms with Crippen molar-refractivity contribution in [2.45, 2.75) is 26.8 Å². The van der Waals surface area contributed by atoms with Crippen molar-refractivity contribution in [3.63, 3.8) is 0 Å². The third-order valence-electron chi connectivity index (χ3n) is 3.96. The SMILES string of the molecule is CCOc1c(Cl)cc(C(=O)N(C)Cc2ccc(CC)cc2)cc1OC. The Morgan fingerprint density at radius 2 is 1.76 bits per heavy atom. The summed E-state index contributed by atoms with van der Waals surface area (Å²) in [6, 6.07) is 11.6. The van der Waals surface area contributed by atoms with E-state index in [1.54, 1.807) is 24.1 Å². The molecule has 2 aromatic rings. The molecule has 25 heavy (non-hydrogen) atoms. The predicted octanol–water partition coefficient (Wildman–Crippen LogP) is 4.58. The zero-order valence-electron chi connectivity index (χ0n) is 15.1. The fourth-order valence-corrected chi connectivity index (χ4v) is 2.84. The van der Waals surface area contributed by atoms with Crippen LogP contribution in [0.2, 0.25) is 5.02 Å². The average Bonchev–Trinajstić information content (AvgIpc) is 2.63. The quantitative estimate of drug-likeness (QED) is 0.724. The van der Waals surface area contributed by atoms with Crippen LogP contribution in [0.1, 0.15) is 35.3 Å². The van der Waals surface area contributed by atoms with Gasteiger partial charge in [0.15, 0.2) is 11.5 Å². The van der Waals surface area contributed by atoms with E-state index >= 15 is 0 Å². The Morgan fingerprint density at radius 3 is 2.32 bits per heavy atom. The first-order chi connectivity index (χ1) is 12.0. The Labute approximate surface area is 154 Å². The van der Waals surface area contributed by atoms with Gasteiger partial charge in [-0.05, 0) is 36.6 Å². The lowest BCUT2D eigenvalue weighted by Gasteiger charge is -2.19. The molecule has 0 atom stereocenters. The summed E-state index contributed by atoms with van der Waals surface area (Å²) in [5, 5.41) is 0.366. The number of carbonyl (C=O) groups is 1. The minimum absolute atomic E-state index is 0.122. The Morgan fingerprint density at radius 1 is 1.12 bits per heavy atom. The molecule has 0 aromatic heterocycles. The molecule has 0 aliphatic rings. The van der Waals surface area contributed by atoms with Crippen LogP contribution in [0.15, 0.2) is 36.4 Å². The van der Waals surface area contributed by atoms with Crippen molar-refractivity contribution >= 4 is 17.5 Å². The zero-order chi connectivity index (χ0) is 18.4. The number of aryl methyl sites for hydroxylation is 1. The van der Waals surface area contributed by atoms with Crippen LogP contribution in [0.4, 0.5) is 0 Å². The van der Waals surface area contributed by atoms with Crippen LogP contribution >= 0.6 is 11.6 Å². The highest BCUT2D eigenvalue weighted by atomic mass is 35.5. The molecule has 0 spiro atoms. The van der Waals surface area contributed by atoms with Gasteiger partial charge in [-0.25, -0.2) is 0 Å². The number of amides is 1. The smallest absolute Gasteiger partial charge is 0.254 e. The van der Waals surface area contributed by atoms with Crippen LogP contribution in [0.5, 0.6) is 11.5 Å². The maximum atomic E-state index is 12.7. The first-order valence-corrected chi connectivity index (χ1v) is 8.71. The Kier molecular flexibility index (Phi) is 6.71. The largest absolute Gasteiger partial charge is 0.493 e. The predicted molar refractivity (Wildman–Crippen MR) is 101 cm³/mol. The average molecular weight is 362 g/mol. The van der Waals surface area contributed by atoms with E-state index in [-0.39, 0.29) is 5.91 Å². The Bertz CT molecular complexity index is 728. The van der Waals surface area contributed by atoms with Crippen molar-refractivity contribution in [2.24, 2.45) is 0 Å². The lowest BCUT2D eigenvalue weighted by atomic mass is 10.1. The van der Waals surface area contributed by atoms with Crippen LogP contribution in [0, 0.1) is 0 Å². The second-order valence-corrected chi connectivity index (χ2v) is 6.16. The molecule has 134 valence electrons. The van der Waals surface area contributed by atoms with E-state index in [2.05, 4.69) is 19.1 Å². The number of hydrogen-bond donors (Lipinski definition) is 0. The molecule has 4 nitrogen and oxygen atoms in total. The monoisotopic (exact) mass is 361 g/mol. The summed E-state index contributed by atoms with van der Waals surface area (Å²) in [5.41, 5.74) is 2.83. The van der Waals surface area contributed by atoms with E-state index in [0.29, 0.717) is 35.2 Å². The van der Waals surface area contributed by atoms with Crippen molar-refractivity contribution in [1.82, 2.24) is 4.90 Å². The summed E-state index contributed by atoms with van der Waals surface area (Å²) in [6.07, 6.45) is 1.000. The number of halogens is 1. The van der Waals surface area contributed by atoms with Crippen LogP contribution < -0.4 is 9.47 Å². The van der Waals surface area contributed by atoms with Gasteiger partial charge in [0, 0.05) is 19.2 Å². The van der Waals surface area contributed by atoms with Crippen molar-refractivity contribution < 1.29 is 14.3 Å². The van der Waals surface area contributed by atoms with Crippen molar-refractivity contribution in [3.8, 4) is 11.5 Å². The molecule has 0 aliphatic heterocycles. The van der Waals surface area contributed by atoms with Crippen LogP contribution in [-0.4, -0.2) is 31.6 Å². The Hall–Kier alpha value is -2.20. The number of hydrogen-bond acceptors (Lipinski definition) is 3. The first-order valence-electron chi connectivity index (χ1n) is 8.33. The van der Waals surface area contributed by atoms with Crippen molar-refractivity contribution in [1.29, 1.82) is 0 Å². The number of ether oxygens (including phenoxy) is 2.